The fraction of sp³-hybridized carbons (Fsp3) is 0.240. The van der Waals surface area contributed by atoms with Gasteiger partial charge in [0.05, 0.1) is 30.5 Å². The number of sulfonamides is 1. The fourth-order valence-corrected chi connectivity index (χ4v) is 5.56. The van der Waals surface area contributed by atoms with Crippen LogP contribution in [0.5, 0.6) is 11.5 Å². The van der Waals surface area contributed by atoms with Crippen molar-refractivity contribution in [3.8, 4) is 22.6 Å². The molecule has 1 N–H and O–H groups in total. The van der Waals surface area contributed by atoms with Gasteiger partial charge in [-0.15, -0.1) is 0 Å². The molecule has 7 nitrogen and oxygen atoms in total. The van der Waals surface area contributed by atoms with Crippen LogP contribution in [0.25, 0.3) is 11.1 Å². The molecule has 0 fully saturated rings. The summed E-state index contributed by atoms with van der Waals surface area (Å²) in [4.78, 5) is 13.2. The molecule has 33 heavy (non-hydrogen) atoms. The van der Waals surface area contributed by atoms with E-state index in [1.807, 2.05) is 18.2 Å². The molecule has 4 rings (SSSR count). The zero-order chi connectivity index (χ0) is 23.8. The smallest absolute Gasteiger partial charge is 0.265 e. The number of carbonyl (C=O) groups is 1. The van der Waals surface area contributed by atoms with Crippen molar-refractivity contribution < 1.29 is 22.7 Å². The molecule has 0 saturated heterocycles. The van der Waals surface area contributed by atoms with Crippen LogP contribution < -0.4 is 19.1 Å². The van der Waals surface area contributed by atoms with Crippen molar-refractivity contribution in [3.05, 3.63) is 66.2 Å². The first-order chi connectivity index (χ1) is 15.8. The summed E-state index contributed by atoms with van der Waals surface area (Å²) >= 11 is 0. The lowest BCUT2D eigenvalue weighted by molar-refractivity contribution is -0.114. The van der Waals surface area contributed by atoms with Gasteiger partial charge in [0, 0.05) is 17.2 Å². The van der Waals surface area contributed by atoms with Gasteiger partial charge in [-0.05, 0) is 41.8 Å². The highest BCUT2D eigenvalue weighted by Gasteiger charge is 2.36. The van der Waals surface area contributed by atoms with E-state index < -0.39 is 15.9 Å². The van der Waals surface area contributed by atoms with Gasteiger partial charge >= 0.3 is 0 Å². The molecule has 1 aliphatic rings. The Morgan fingerprint density at radius 1 is 0.970 bits per heavy atom. The number of hydrogen-bond donors (Lipinski definition) is 1. The van der Waals surface area contributed by atoms with Crippen molar-refractivity contribution in [2.75, 3.05) is 30.4 Å². The van der Waals surface area contributed by atoms with Gasteiger partial charge < -0.3 is 14.8 Å². The van der Waals surface area contributed by atoms with E-state index in [0.29, 0.717) is 28.4 Å². The SMILES string of the molecule is COc1ccc(OC)c(NC(=O)CN2c3ccc(C(C)C)cc3-c3ccccc3S2(=O)=O)c1. The number of rotatable bonds is 6. The Morgan fingerprint density at radius 3 is 2.42 bits per heavy atom. The third kappa shape index (κ3) is 4.14. The number of hydrogen-bond acceptors (Lipinski definition) is 5. The molecule has 0 aromatic heterocycles. The Bertz CT molecular complexity index is 1320. The third-order valence-corrected chi connectivity index (χ3v) is 7.49. The number of anilines is 2. The maximum Gasteiger partial charge on any atom is 0.265 e. The summed E-state index contributed by atoms with van der Waals surface area (Å²) in [5.74, 6) is 0.761. The van der Waals surface area contributed by atoms with Crippen molar-refractivity contribution in [2.24, 2.45) is 0 Å². The number of nitrogens with one attached hydrogen (secondary N) is 1. The molecule has 1 amide bonds. The van der Waals surface area contributed by atoms with Crippen molar-refractivity contribution >= 4 is 27.3 Å². The van der Waals surface area contributed by atoms with E-state index in [0.717, 1.165) is 15.4 Å². The minimum atomic E-state index is -3.93. The van der Waals surface area contributed by atoms with Crippen LogP contribution in [-0.4, -0.2) is 35.1 Å². The standard InChI is InChI=1S/C25H26N2O5S/c1-16(2)17-9-11-22-20(13-17)19-7-5-6-8-24(19)33(29,30)27(22)15-25(28)26-21-14-18(31-3)10-12-23(21)32-4/h5-14,16H,15H2,1-4H3,(H,26,28). The van der Waals surface area contributed by atoms with Gasteiger partial charge in [-0.3, -0.25) is 9.10 Å². The molecule has 0 aliphatic carbocycles. The predicted octanol–water partition coefficient (Wildman–Crippen LogP) is 4.64. The molecule has 1 heterocycles. The van der Waals surface area contributed by atoms with Crippen LogP contribution >= 0.6 is 0 Å². The number of fused-ring (bicyclic) bond motifs is 3. The van der Waals surface area contributed by atoms with Crippen molar-refractivity contribution in [3.63, 3.8) is 0 Å². The van der Waals surface area contributed by atoms with Crippen molar-refractivity contribution in [1.29, 1.82) is 0 Å². The van der Waals surface area contributed by atoms with Gasteiger partial charge in [0.25, 0.3) is 10.0 Å². The van der Waals surface area contributed by atoms with E-state index in [2.05, 4.69) is 19.2 Å². The molecule has 0 atom stereocenters. The second-order valence-electron chi connectivity index (χ2n) is 8.05. The number of carbonyl (C=O) groups excluding carboxylic acids is 1. The molecule has 0 unspecified atom stereocenters. The number of benzene rings is 3. The molecule has 0 radical (unpaired) electrons. The first kappa shape index (κ1) is 22.7. The number of nitrogens with zero attached hydrogens (tertiary/aromatic N) is 1. The summed E-state index contributed by atoms with van der Waals surface area (Å²) in [6.07, 6.45) is 0. The second-order valence-corrected chi connectivity index (χ2v) is 9.88. The normalized spacial score (nSPS) is 13.8. The third-order valence-electron chi connectivity index (χ3n) is 5.67. The van der Waals surface area contributed by atoms with E-state index in [9.17, 15) is 13.2 Å². The molecule has 0 spiro atoms. The molecular formula is C25H26N2O5S. The predicted molar refractivity (Wildman–Crippen MR) is 129 cm³/mol. The summed E-state index contributed by atoms with van der Waals surface area (Å²) in [5.41, 5.74) is 3.39. The van der Waals surface area contributed by atoms with Crippen LogP contribution in [-0.2, 0) is 14.8 Å². The Morgan fingerprint density at radius 2 is 1.73 bits per heavy atom. The van der Waals surface area contributed by atoms with Crippen molar-refractivity contribution in [1.82, 2.24) is 0 Å². The Labute approximate surface area is 194 Å². The average Bonchev–Trinajstić information content (AvgIpc) is 2.81. The highest BCUT2D eigenvalue weighted by atomic mass is 32.2. The zero-order valence-electron chi connectivity index (χ0n) is 19.0. The van der Waals surface area contributed by atoms with Crippen molar-refractivity contribution in [2.45, 2.75) is 24.7 Å². The van der Waals surface area contributed by atoms with Gasteiger partial charge in [-0.2, -0.15) is 0 Å². The lowest BCUT2D eigenvalue weighted by Gasteiger charge is -2.32. The summed E-state index contributed by atoms with van der Waals surface area (Å²) in [7, 11) is -0.915. The van der Waals surface area contributed by atoms with Crippen LogP contribution in [0, 0.1) is 0 Å². The van der Waals surface area contributed by atoms with E-state index in [1.165, 1.54) is 14.2 Å². The van der Waals surface area contributed by atoms with E-state index in [4.69, 9.17) is 9.47 Å². The monoisotopic (exact) mass is 466 g/mol. The molecule has 0 saturated carbocycles. The van der Waals surface area contributed by atoms with E-state index in [1.54, 1.807) is 42.5 Å². The zero-order valence-corrected chi connectivity index (χ0v) is 19.8. The van der Waals surface area contributed by atoms with Gasteiger partial charge in [-0.25, -0.2) is 8.42 Å². The quantitative estimate of drug-likeness (QED) is 0.572. The largest absolute Gasteiger partial charge is 0.497 e. The molecule has 1 aliphatic heterocycles. The number of methoxy groups -OCH3 is 2. The van der Waals surface area contributed by atoms with Crippen LogP contribution in [0.4, 0.5) is 11.4 Å². The Kier molecular flexibility index (Phi) is 6.03. The minimum absolute atomic E-state index is 0.185. The summed E-state index contributed by atoms with van der Waals surface area (Å²) in [5, 5.41) is 2.76. The molecule has 8 heteroatoms. The highest BCUT2D eigenvalue weighted by molar-refractivity contribution is 7.93. The van der Waals surface area contributed by atoms with Crippen LogP contribution in [0.3, 0.4) is 0 Å². The minimum Gasteiger partial charge on any atom is -0.497 e. The average molecular weight is 467 g/mol. The number of amides is 1. The lowest BCUT2D eigenvalue weighted by atomic mass is 9.95. The first-order valence-corrected chi connectivity index (χ1v) is 12.0. The summed E-state index contributed by atoms with van der Waals surface area (Å²) in [6, 6.07) is 17.6. The lowest BCUT2D eigenvalue weighted by Crippen LogP contribution is -2.40. The van der Waals surface area contributed by atoms with Crippen LogP contribution in [0.2, 0.25) is 0 Å². The molecule has 3 aromatic rings. The van der Waals surface area contributed by atoms with Gasteiger partial charge in [0.2, 0.25) is 5.91 Å². The summed E-state index contributed by atoms with van der Waals surface area (Å²) < 4.78 is 38.7. The summed E-state index contributed by atoms with van der Waals surface area (Å²) in [6.45, 7) is 3.78. The highest BCUT2D eigenvalue weighted by Crippen LogP contribution is 2.44. The van der Waals surface area contributed by atoms with Gasteiger partial charge in [0.1, 0.15) is 18.0 Å². The molecule has 0 bridgehead atoms. The van der Waals surface area contributed by atoms with Gasteiger partial charge in [-0.1, -0.05) is 38.1 Å². The maximum absolute atomic E-state index is 13.5. The van der Waals surface area contributed by atoms with Crippen LogP contribution in [0.15, 0.2) is 65.6 Å². The Balaban J connectivity index is 1.73. The molecule has 172 valence electrons. The number of ether oxygens (including phenoxy) is 2. The molecular weight excluding hydrogens is 440 g/mol. The first-order valence-electron chi connectivity index (χ1n) is 10.5. The van der Waals surface area contributed by atoms with Gasteiger partial charge in [0.15, 0.2) is 0 Å². The maximum atomic E-state index is 13.5. The molecule has 3 aromatic carbocycles. The Hall–Kier alpha value is -3.52. The topological polar surface area (TPSA) is 84.9 Å². The fourth-order valence-electron chi connectivity index (χ4n) is 3.91. The van der Waals surface area contributed by atoms with E-state index in [-0.39, 0.29) is 17.4 Å². The van der Waals surface area contributed by atoms with E-state index >= 15 is 0 Å². The van der Waals surface area contributed by atoms with Crippen LogP contribution in [0.1, 0.15) is 25.3 Å². The second kappa shape index (κ2) is 8.78.